The summed E-state index contributed by atoms with van der Waals surface area (Å²) in [7, 11) is 0. The van der Waals surface area contributed by atoms with Gasteiger partial charge in [-0.15, -0.1) is 0 Å². The Bertz CT molecular complexity index is 338. The number of carbonyl (C=O) groups is 1. The minimum atomic E-state index is -0.456. The van der Waals surface area contributed by atoms with E-state index in [1.165, 1.54) is 0 Å². The summed E-state index contributed by atoms with van der Waals surface area (Å²) >= 11 is 0. The van der Waals surface area contributed by atoms with E-state index in [-0.39, 0.29) is 12.6 Å². The zero-order valence-electron chi connectivity index (χ0n) is 10.2. The molecule has 0 spiro atoms. The molecule has 0 aliphatic rings. The summed E-state index contributed by atoms with van der Waals surface area (Å²) in [6.45, 7) is 3.78. The summed E-state index contributed by atoms with van der Waals surface area (Å²) in [6, 6.07) is 9.39. The maximum absolute atomic E-state index is 11.4. The average Bonchev–Trinajstić information content (AvgIpc) is 2.26. The molecule has 0 bridgehead atoms. The van der Waals surface area contributed by atoms with Crippen molar-refractivity contribution >= 4 is 6.09 Å². The first-order valence-electron chi connectivity index (χ1n) is 5.73. The van der Waals surface area contributed by atoms with E-state index in [0.717, 1.165) is 5.56 Å². The summed E-state index contributed by atoms with van der Waals surface area (Å²) < 4.78 is 5.05. The van der Waals surface area contributed by atoms with Gasteiger partial charge in [-0.2, -0.15) is 0 Å². The van der Waals surface area contributed by atoms with Crippen molar-refractivity contribution in [1.29, 1.82) is 0 Å². The minimum Gasteiger partial charge on any atom is -0.445 e. The number of rotatable bonds is 5. The van der Waals surface area contributed by atoms with Crippen molar-refractivity contribution in [2.45, 2.75) is 39.0 Å². The van der Waals surface area contributed by atoms with Gasteiger partial charge in [-0.3, -0.25) is 0 Å². The lowest BCUT2D eigenvalue weighted by atomic mass is 10.2. The molecule has 94 valence electrons. The largest absolute Gasteiger partial charge is 0.445 e. The van der Waals surface area contributed by atoms with Crippen molar-refractivity contribution in [3.8, 4) is 0 Å². The molecule has 4 nitrogen and oxygen atoms in total. The summed E-state index contributed by atoms with van der Waals surface area (Å²) in [5.41, 5.74) is 0.950. The summed E-state index contributed by atoms with van der Waals surface area (Å²) in [4.78, 5) is 11.4. The van der Waals surface area contributed by atoms with Crippen LogP contribution in [0.15, 0.2) is 30.3 Å². The van der Waals surface area contributed by atoms with E-state index in [1.807, 2.05) is 37.3 Å². The summed E-state index contributed by atoms with van der Waals surface area (Å²) in [6.07, 6.45) is -0.373. The molecular formula is C13H19NO3. The first-order chi connectivity index (χ1) is 8.08. The monoisotopic (exact) mass is 237 g/mol. The average molecular weight is 237 g/mol. The Morgan fingerprint density at radius 3 is 2.59 bits per heavy atom. The second-order valence-electron chi connectivity index (χ2n) is 4.19. The van der Waals surface area contributed by atoms with Gasteiger partial charge in [0.15, 0.2) is 0 Å². The Kier molecular flexibility index (Phi) is 5.49. The van der Waals surface area contributed by atoms with E-state index in [2.05, 4.69) is 5.32 Å². The van der Waals surface area contributed by atoms with Crippen LogP contribution < -0.4 is 5.32 Å². The van der Waals surface area contributed by atoms with Crippen molar-refractivity contribution in [3.63, 3.8) is 0 Å². The molecule has 1 rings (SSSR count). The maximum Gasteiger partial charge on any atom is 0.407 e. The molecule has 0 aliphatic carbocycles. The van der Waals surface area contributed by atoms with Crippen LogP contribution in [0.1, 0.15) is 25.8 Å². The topological polar surface area (TPSA) is 58.6 Å². The maximum atomic E-state index is 11.4. The third-order valence-electron chi connectivity index (χ3n) is 2.27. The second-order valence-corrected chi connectivity index (χ2v) is 4.19. The molecule has 0 aliphatic heterocycles. The van der Waals surface area contributed by atoms with Crippen LogP contribution in [0, 0.1) is 0 Å². The van der Waals surface area contributed by atoms with Gasteiger partial charge < -0.3 is 15.2 Å². The van der Waals surface area contributed by atoms with Crippen LogP contribution in [0.25, 0.3) is 0 Å². The second kappa shape index (κ2) is 6.91. The number of carbonyl (C=O) groups excluding carboxylic acids is 1. The van der Waals surface area contributed by atoms with E-state index in [1.54, 1.807) is 6.92 Å². The molecule has 1 aromatic carbocycles. The van der Waals surface area contributed by atoms with Gasteiger partial charge in [-0.05, 0) is 25.8 Å². The predicted octanol–water partition coefficient (Wildman–Crippen LogP) is 2.07. The van der Waals surface area contributed by atoms with Crippen LogP contribution in [-0.2, 0) is 11.3 Å². The highest BCUT2D eigenvalue weighted by molar-refractivity contribution is 5.67. The first kappa shape index (κ1) is 13.5. The molecule has 1 amide bonds. The quantitative estimate of drug-likeness (QED) is 0.824. The third-order valence-corrected chi connectivity index (χ3v) is 2.27. The third kappa shape index (κ3) is 5.92. The number of aliphatic hydroxyl groups excluding tert-OH is 1. The van der Waals surface area contributed by atoms with Crippen molar-refractivity contribution < 1.29 is 14.6 Å². The summed E-state index contributed by atoms with van der Waals surface area (Å²) in [5, 5.41) is 11.8. The van der Waals surface area contributed by atoms with Crippen LogP contribution >= 0.6 is 0 Å². The molecule has 2 atom stereocenters. The van der Waals surface area contributed by atoms with E-state index in [9.17, 15) is 4.79 Å². The van der Waals surface area contributed by atoms with Crippen molar-refractivity contribution in [2.75, 3.05) is 0 Å². The number of nitrogens with one attached hydrogen (secondary N) is 1. The first-order valence-corrected chi connectivity index (χ1v) is 5.73. The Labute approximate surface area is 102 Å². The van der Waals surface area contributed by atoms with Gasteiger partial charge in [0.1, 0.15) is 6.61 Å². The van der Waals surface area contributed by atoms with E-state index >= 15 is 0 Å². The minimum absolute atomic E-state index is 0.0988. The van der Waals surface area contributed by atoms with Gasteiger partial charge in [0, 0.05) is 6.04 Å². The molecule has 0 unspecified atom stereocenters. The van der Waals surface area contributed by atoms with Gasteiger partial charge >= 0.3 is 6.09 Å². The van der Waals surface area contributed by atoms with Gasteiger partial charge in [0.25, 0.3) is 0 Å². The number of amides is 1. The number of hydrogen-bond acceptors (Lipinski definition) is 3. The lowest BCUT2D eigenvalue weighted by molar-refractivity contribution is 0.128. The molecule has 1 aromatic rings. The molecule has 0 saturated heterocycles. The van der Waals surface area contributed by atoms with Gasteiger partial charge in [0.05, 0.1) is 6.10 Å². The molecule has 0 saturated carbocycles. The smallest absolute Gasteiger partial charge is 0.407 e. The molecule has 0 aromatic heterocycles. The molecule has 0 radical (unpaired) electrons. The predicted molar refractivity (Wildman–Crippen MR) is 65.5 cm³/mol. The lowest BCUT2D eigenvalue weighted by Gasteiger charge is -2.15. The number of alkyl carbamates (subject to hydrolysis) is 1. The van der Waals surface area contributed by atoms with Crippen LogP contribution in [0.5, 0.6) is 0 Å². The number of ether oxygens (including phenoxy) is 1. The highest BCUT2D eigenvalue weighted by Crippen LogP contribution is 2.02. The lowest BCUT2D eigenvalue weighted by Crippen LogP contribution is -2.34. The molecule has 17 heavy (non-hydrogen) atoms. The fraction of sp³-hybridized carbons (Fsp3) is 0.462. The number of aliphatic hydroxyl groups is 1. The molecular weight excluding hydrogens is 218 g/mol. The van der Waals surface area contributed by atoms with Crippen molar-refractivity contribution in [3.05, 3.63) is 35.9 Å². The van der Waals surface area contributed by atoms with Crippen LogP contribution in [0.4, 0.5) is 4.79 Å². The van der Waals surface area contributed by atoms with E-state index in [4.69, 9.17) is 9.84 Å². The van der Waals surface area contributed by atoms with Crippen molar-refractivity contribution in [2.24, 2.45) is 0 Å². The number of benzene rings is 1. The Hall–Kier alpha value is -1.55. The fourth-order valence-corrected chi connectivity index (χ4v) is 1.54. The van der Waals surface area contributed by atoms with Gasteiger partial charge in [0.2, 0.25) is 0 Å². The molecule has 4 heteroatoms. The van der Waals surface area contributed by atoms with Gasteiger partial charge in [-0.1, -0.05) is 30.3 Å². The Morgan fingerprint density at radius 2 is 2.00 bits per heavy atom. The van der Waals surface area contributed by atoms with E-state index in [0.29, 0.717) is 6.42 Å². The SMILES string of the molecule is C[C@H](O)C[C@@H](C)NC(=O)OCc1ccccc1. The van der Waals surface area contributed by atoms with Crippen LogP contribution in [0.2, 0.25) is 0 Å². The van der Waals surface area contributed by atoms with Gasteiger partial charge in [-0.25, -0.2) is 4.79 Å². The van der Waals surface area contributed by atoms with Crippen molar-refractivity contribution in [1.82, 2.24) is 5.32 Å². The van der Waals surface area contributed by atoms with Crippen LogP contribution in [0.3, 0.4) is 0 Å². The highest BCUT2D eigenvalue weighted by Gasteiger charge is 2.10. The Morgan fingerprint density at radius 1 is 1.35 bits per heavy atom. The van der Waals surface area contributed by atoms with E-state index < -0.39 is 12.2 Å². The summed E-state index contributed by atoms with van der Waals surface area (Å²) in [5.74, 6) is 0. The highest BCUT2D eigenvalue weighted by atomic mass is 16.5. The molecule has 0 heterocycles. The molecule has 0 fully saturated rings. The van der Waals surface area contributed by atoms with Crippen LogP contribution in [-0.4, -0.2) is 23.3 Å². The standard InChI is InChI=1S/C13H19NO3/c1-10(8-11(2)15)14-13(16)17-9-12-6-4-3-5-7-12/h3-7,10-11,15H,8-9H2,1-2H3,(H,14,16)/t10-,11+/m1/s1. The molecule has 2 N–H and O–H groups in total. The zero-order chi connectivity index (χ0) is 12.7. The fourth-order valence-electron chi connectivity index (χ4n) is 1.54. The normalized spacial score (nSPS) is 13.8. The number of hydrogen-bond donors (Lipinski definition) is 2. The Balaban J connectivity index is 2.26. The zero-order valence-corrected chi connectivity index (χ0v) is 10.2.